The fourth-order valence-electron chi connectivity index (χ4n) is 2.62. The van der Waals surface area contributed by atoms with Gasteiger partial charge in [0, 0.05) is 35.1 Å². The number of fused-ring (bicyclic) bond motifs is 1. The van der Waals surface area contributed by atoms with E-state index >= 15 is 0 Å². The summed E-state index contributed by atoms with van der Waals surface area (Å²) in [5, 5.41) is 5.48. The number of hydrogen-bond acceptors (Lipinski definition) is 3. The molecule has 0 spiro atoms. The summed E-state index contributed by atoms with van der Waals surface area (Å²) in [5.74, 6) is 0.156. The minimum Gasteiger partial charge on any atom is -0.339 e. The van der Waals surface area contributed by atoms with Crippen LogP contribution in [-0.4, -0.2) is 58.7 Å². The van der Waals surface area contributed by atoms with Crippen LogP contribution in [0.3, 0.4) is 0 Å². The predicted octanol–water partition coefficient (Wildman–Crippen LogP) is 1.72. The van der Waals surface area contributed by atoms with Crippen LogP contribution in [0.5, 0.6) is 0 Å². The van der Waals surface area contributed by atoms with E-state index in [9.17, 15) is 4.79 Å². The van der Waals surface area contributed by atoms with E-state index in [0.717, 1.165) is 37.1 Å². The summed E-state index contributed by atoms with van der Waals surface area (Å²) in [5.41, 5.74) is 2.28. The third kappa shape index (κ3) is 3.06. The van der Waals surface area contributed by atoms with E-state index in [2.05, 4.69) is 58.7 Å². The zero-order chi connectivity index (χ0) is 15.0. The lowest BCUT2D eigenvalue weighted by atomic mass is 10.2. The highest BCUT2D eigenvalue weighted by Crippen LogP contribution is 2.21. The molecule has 0 N–H and O–H groups in total. The van der Waals surface area contributed by atoms with Crippen LogP contribution >= 0.6 is 22.6 Å². The van der Waals surface area contributed by atoms with Crippen molar-refractivity contribution in [3.63, 3.8) is 0 Å². The predicted molar refractivity (Wildman–Crippen MR) is 91.3 cm³/mol. The molecule has 0 aliphatic carbocycles. The van der Waals surface area contributed by atoms with Gasteiger partial charge in [0.05, 0.1) is 11.7 Å². The van der Waals surface area contributed by atoms with E-state index in [1.165, 1.54) is 9.13 Å². The number of benzene rings is 1. The number of rotatable bonds is 2. The lowest BCUT2D eigenvalue weighted by Crippen LogP contribution is -2.48. The van der Waals surface area contributed by atoms with Crippen molar-refractivity contribution in [2.75, 3.05) is 33.2 Å². The van der Waals surface area contributed by atoms with Crippen molar-refractivity contribution in [1.82, 2.24) is 19.6 Å². The fourth-order valence-corrected chi connectivity index (χ4v) is 3.08. The highest BCUT2D eigenvalue weighted by molar-refractivity contribution is 14.1. The number of amides is 1. The molecule has 1 aromatic carbocycles. The van der Waals surface area contributed by atoms with Crippen LogP contribution in [0.15, 0.2) is 18.3 Å². The molecule has 1 saturated heterocycles. The molecule has 0 radical (unpaired) electrons. The van der Waals surface area contributed by atoms with Gasteiger partial charge in [-0.25, -0.2) is 0 Å². The fraction of sp³-hybridized carbons (Fsp3) is 0.467. The summed E-state index contributed by atoms with van der Waals surface area (Å²) in [6, 6.07) is 4.23. The lowest BCUT2D eigenvalue weighted by molar-refractivity contribution is -0.133. The molecule has 2 heterocycles. The Kier molecular flexibility index (Phi) is 4.17. The number of carbonyl (C=O) groups excluding carboxylic acids is 1. The lowest BCUT2D eigenvalue weighted by Gasteiger charge is -2.32. The van der Waals surface area contributed by atoms with Gasteiger partial charge in [-0.1, -0.05) is 0 Å². The Hall–Kier alpha value is -1.15. The molecule has 112 valence electrons. The molecular weight excluding hydrogens is 379 g/mol. The molecular formula is C15H19IN4O. The molecule has 6 heteroatoms. The molecule has 3 rings (SSSR count). The molecule has 1 aliphatic rings. The van der Waals surface area contributed by atoms with E-state index in [0.29, 0.717) is 6.54 Å². The van der Waals surface area contributed by atoms with E-state index in [-0.39, 0.29) is 5.91 Å². The Balaban J connectivity index is 1.78. The summed E-state index contributed by atoms with van der Waals surface area (Å²) in [4.78, 5) is 16.6. The summed E-state index contributed by atoms with van der Waals surface area (Å²) < 4.78 is 3.02. The average Bonchev–Trinajstić information content (AvgIpc) is 2.82. The van der Waals surface area contributed by atoms with Crippen molar-refractivity contribution in [3.8, 4) is 0 Å². The maximum absolute atomic E-state index is 12.4. The number of aromatic nitrogens is 2. The number of aryl methyl sites for hydroxylation is 1. The smallest absolute Gasteiger partial charge is 0.244 e. The first kappa shape index (κ1) is 14.8. The monoisotopic (exact) mass is 398 g/mol. The van der Waals surface area contributed by atoms with Crippen LogP contribution in [0, 0.1) is 10.5 Å². The van der Waals surface area contributed by atoms with Gasteiger partial charge in [0.25, 0.3) is 0 Å². The molecule has 5 nitrogen and oxygen atoms in total. The second kappa shape index (κ2) is 5.92. The molecule has 0 atom stereocenters. The van der Waals surface area contributed by atoms with Gasteiger partial charge >= 0.3 is 0 Å². The van der Waals surface area contributed by atoms with Crippen molar-refractivity contribution < 1.29 is 4.79 Å². The van der Waals surface area contributed by atoms with Gasteiger partial charge in [0.1, 0.15) is 6.54 Å². The zero-order valence-electron chi connectivity index (χ0n) is 12.3. The first-order chi connectivity index (χ1) is 10.0. The highest BCUT2D eigenvalue weighted by Gasteiger charge is 2.20. The molecule has 1 amide bonds. The van der Waals surface area contributed by atoms with Crippen molar-refractivity contribution in [1.29, 1.82) is 0 Å². The number of halogens is 1. The van der Waals surface area contributed by atoms with Crippen molar-refractivity contribution in [2.24, 2.45) is 0 Å². The van der Waals surface area contributed by atoms with Crippen molar-refractivity contribution in [2.45, 2.75) is 13.5 Å². The number of hydrogen-bond donors (Lipinski definition) is 0. The Labute approximate surface area is 138 Å². The van der Waals surface area contributed by atoms with Crippen molar-refractivity contribution in [3.05, 3.63) is 27.5 Å². The highest BCUT2D eigenvalue weighted by atomic mass is 127. The SMILES string of the molecule is Cc1cc2cnn(CC(=O)N3CCN(C)CC3)c2cc1I. The second-order valence-corrected chi connectivity index (χ2v) is 6.81. The van der Waals surface area contributed by atoms with Gasteiger partial charge < -0.3 is 9.80 Å². The van der Waals surface area contributed by atoms with Gasteiger partial charge in [0.15, 0.2) is 0 Å². The topological polar surface area (TPSA) is 41.4 Å². The summed E-state index contributed by atoms with van der Waals surface area (Å²) in [6.07, 6.45) is 1.84. The maximum atomic E-state index is 12.4. The molecule has 21 heavy (non-hydrogen) atoms. The molecule has 0 unspecified atom stereocenters. The van der Waals surface area contributed by atoms with E-state index < -0.39 is 0 Å². The Morgan fingerprint density at radius 3 is 2.71 bits per heavy atom. The second-order valence-electron chi connectivity index (χ2n) is 5.65. The first-order valence-electron chi connectivity index (χ1n) is 7.12. The maximum Gasteiger partial charge on any atom is 0.244 e. The van der Waals surface area contributed by atoms with Crippen LogP contribution in [0.1, 0.15) is 5.56 Å². The number of nitrogens with zero attached hydrogens (tertiary/aromatic N) is 4. The van der Waals surface area contributed by atoms with Gasteiger partial charge in [-0.3, -0.25) is 9.48 Å². The van der Waals surface area contributed by atoms with Gasteiger partial charge in [-0.05, 0) is 54.3 Å². The quantitative estimate of drug-likeness (QED) is 0.724. The van der Waals surface area contributed by atoms with Gasteiger partial charge in [0.2, 0.25) is 5.91 Å². The third-order valence-corrected chi connectivity index (χ3v) is 5.23. The van der Waals surface area contributed by atoms with Crippen LogP contribution in [0.4, 0.5) is 0 Å². The van der Waals surface area contributed by atoms with Crippen molar-refractivity contribution >= 4 is 39.4 Å². The standard InChI is InChI=1S/C15H19IN4O/c1-11-7-12-9-17-20(14(12)8-13(11)16)10-15(21)19-5-3-18(2)4-6-19/h7-9H,3-6,10H2,1-2H3. The van der Waals surface area contributed by atoms with E-state index in [4.69, 9.17) is 0 Å². The van der Waals surface area contributed by atoms with E-state index in [1.807, 2.05) is 15.8 Å². The Morgan fingerprint density at radius 1 is 1.29 bits per heavy atom. The zero-order valence-corrected chi connectivity index (χ0v) is 14.5. The molecule has 0 saturated carbocycles. The molecule has 1 aliphatic heterocycles. The minimum absolute atomic E-state index is 0.156. The van der Waals surface area contributed by atoms with Gasteiger partial charge in [-0.2, -0.15) is 5.10 Å². The summed E-state index contributed by atoms with van der Waals surface area (Å²) >= 11 is 2.32. The van der Waals surface area contributed by atoms with Crippen LogP contribution < -0.4 is 0 Å². The normalized spacial score (nSPS) is 16.6. The average molecular weight is 398 g/mol. The molecule has 1 aromatic heterocycles. The molecule has 0 bridgehead atoms. The van der Waals surface area contributed by atoms with Gasteiger partial charge in [-0.15, -0.1) is 0 Å². The first-order valence-corrected chi connectivity index (χ1v) is 8.20. The summed E-state index contributed by atoms with van der Waals surface area (Å²) in [6.45, 7) is 5.93. The molecule has 1 fully saturated rings. The van der Waals surface area contributed by atoms with Crippen LogP contribution in [0.25, 0.3) is 10.9 Å². The largest absolute Gasteiger partial charge is 0.339 e. The summed E-state index contributed by atoms with van der Waals surface area (Å²) in [7, 11) is 2.09. The van der Waals surface area contributed by atoms with E-state index in [1.54, 1.807) is 0 Å². The third-order valence-electron chi connectivity index (χ3n) is 4.06. The Bertz CT molecular complexity index is 674. The number of piperazine rings is 1. The molecule has 2 aromatic rings. The van der Waals surface area contributed by atoms with Crippen LogP contribution in [0.2, 0.25) is 0 Å². The number of likely N-dealkylation sites (N-methyl/N-ethyl adjacent to an activating group) is 1. The van der Waals surface area contributed by atoms with Crippen LogP contribution in [-0.2, 0) is 11.3 Å². The minimum atomic E-state index is 0.156. The Morgan fingerprint density at radius 2 is 2.00 bits per heavy atom. The number of carbonyl (C=O) groups is 1.